The molecule has 0 aromatic heterocycles. The van der Waals surface area contributed by atoms with Crippen LogP contribution in [0.1, 0.15) is 88.7 Å². The molecule has 0 N–H and O–H groups in total. The highest BCUT2D eigenvalue weighted by Crippen LogP contribution is 2.45. The molecule has 0 amide bonds. The molecule has 0 fully saturated rings. The van der Waals surface area contributed by atoms with E-state index < -0.39 is 20.2 Å². The Morgan fingerprint density at radius 3 is 1.07 bits per heavy atom. The Balaban J connectivity index is 0.000000477. The van der Waals surface area contributed by atoms with E-state index in [9.17, 15) is 35.5 Å². The summed E-state index contributed by atoms with van der Waals surface area (Å²) in [6, 6.07) is 32.1. The number of ether oxygens (including phenoxy) is 10. The molecular formula is C67H86N2O18S2. The summed E-state index contributed by atoms with van der Waals surface area (Å²) in [6.45, 7) is 7.21. The van der Waals surface area contributed by atoms with E-state index in [1.165, 1.54) is 46.5 Å². The molecule has 0 saturated heterocycles. The van der Waals surface area contributed by atoms with Crippen molar-refractivity contribution < 1.29 is 91.9 Å². The van der Waals surface area contributed by atoms with Crippen molar-refractivity contribution in [3.8, 4) is 46.0 Å². The number of esters is 2. The van der Waals surface area contributed by atoms with Crippen LogP contribution in [-0.4, -0.2) is 157 Å². The van der Waals surface area contributed by atoms with Gasteiger partial charge in [-0.2, -0.15) is 0 Å². The number of carbonyl (C=O) groups excluding carboxylic acids is 2. The van der Waals surface area contributed by atoms with Gasteiger partial charge >= 0.3 is 11.9 Å². The first-order valence-electron chi connectivity index (χ1n) is 29.3. The highest BCUT2D eigenvalue weighted by atomic mass is 32.2. The van der Waals surface area contributed by atoms with Gasteiger partial charge in [0.25, 0.3) is 0 Å². The zero-order valence-electron chi connectivity index (χ0n) is 53.2. The molecule has 0 saturated carbocycles. The van der Waals surface area contributed by atoms with Crippen LogP contribution in [0.5, 0.6) is 46.0 Å². The topological polar surface area (TPSA) is 241 Å². The van der Waals surface area contributed by atoms with Crippen molar-refractivity contribution in [2.45, 2.75) is 93.5 Å². The molecule has 0 bridgehead atoms. The lowest BCUT2D eigenvalue weighted by Crippen LogP contribution is -2.53. The normalized spacial score (nSPS) is 17.6. The minimum atomic E-state index is -4.27. The summed E-state index contributed by atoms with van der Waals surface area (Å²) >= 11 is 0. The van der Waals surface area contributed by atoms with E-state index in [1.54, 1.807) is 81.1 Å². The van der Waals surface area contributed by atoms with Gasteiger partial charge in [0.05, 0.1) is 133 Å². The van der Waals surface area contributed by atoms with Crippen LogP contribution in [0, 0.1) is 13.8 Å². The van der Waals surface area contributed by atoms with Crippen LogP contribution in [0.3, 0.4) is 0 Å². The second-order valence-corrected chi connectivity index (χ2v) is 25.3. The lowest BCUT2D eigenvalue weighted by Gasteiger charge is -2.46. The SMILES string of the molecule is COc1ccc(CC2c3cc(OC)c(OC)cc3CC[N@+]2(C)CCC(=O)OCCCCCOC(=O)CC[N@@+]2(C)CCc3cc(OC)c(OC)cc3C2Cc2ccc(OC)c(OC)c2)cc1OC.Cc1ccc(S(=O)(=O)[O-])cc1.Cc1ccc(S(=O)(=O)[O-])cc1. The first kappa shape index (κ1) is 70.5. The Bertz CT molecular complexity index is 3330. The monoisotopic (exact) mass is 1270 g/mol. The van der Waals surface area contributed by atoms with Crippen LogP contribution in [0.2, 0.25) is 0 Å². The summed E-state index contributed by atoms with van der Waals surface area (Å²) in [5.41, 5.74) is 8.86. The van der Waals surface area contributed by atoms with Crippen LogP contribution >= 0.6 is 0 Å². The fourth-order valence-electron chi connectivity index (χ4n) is 11.3. The highest BCUT2D eigenvalue weighted by Gasteiger charge is 2.42. The van der Waals surface area contributed by atoms with E-state index in [2.05, 4.69) is 50.5 Å². The number of hydrogen-bond acceptors (Lipinski definition) is 18. The van der Waals surface area contributed by atoms with Gasteiger partial charge in [-0.15, -0.1) is 0 Å². The average molecular weight is 1270 g/mol. The fourth-order valence-corrected chi connectivity index (χ4v) is 12.3. The number of fused-ring (bicyclic) bond motifs is 2. The van der Waals surface area contributed by atoms with E-state index >= 15 is 0 Å². The Labute approximate surface area is 525 Å². The number of carbonyl (C=O) groups is 2. The van der Waals surface area contributed by atoms with E-state index in [4.69, 9.17) is 47.4 Å². The smallest absolute Gasteiger partial charge is 0.311 e. The second-order valence-electron chi connectivity index (χ2n) is 22.5. The van der Waals surface area contributed by atoms with Crippen LogP contribution in [-0.2, 0) is 65.0 Å². The van der Waals surface area contributed by atoms with Crippen molar-refractivity contribution in [2.75, 3.05) is 110 Å². The molecule has 89 heavy (non-hydrogen) atoms. The molecule has 22 heteroatoms. The number of nitrogens with zero attached hydrogens (tertiary/aromatic N) is 2. The number of unbranched alkanes of at least 4 members (excludes halogenated alkanes) is 2. The quantitative estimate of drug-likeness (QED) is 0.0212. The predicted octanol–water partition coefficient (Wildman–Crippen LogP) is 9.86. The third kappa shape index (κ3) is 19.2. The summed E-state index contributed by atoms with van der Waals surface area (Å²) in [5.74, 6) is 5.06. The molecule has 2 unspecified atom stereocenters. The lowest BCUT2D eigenvalue weighted by molar-refractivity contribution is -0.940. The standard InChI is InChI=1S/C53H72N2O12.2C7H8O3S/c1-54(22-18-38-32-48(62-7)50(64-9)34-40(38)42(54)28-36-14-16-44(58-3)46(30-36)60-5)24-20-52(56)66-26-12-11-13-27-67-53(57)21-25-55(2)23-19-39-33-49(63-8)51(65-10)35-41(39)43(55)29-37-15-17-45(59-4)47(31-37)61-6;2*1-6-2-4-7(5-3-6)11(8,9)10/h14-17,30-35,42-43H,11-13,18-29H2,1-10H3;2*2-5H,1H3,(H,8,9,10)/q+2;;/p-2/t42?,43?,54-,55-;;/m1../s1. The van der Waals surface area contributed by atoms with Crippen molar-refractivity contribution in [3.63, 3.8) is 0 Å². The Hall–Kier alpha value is -7.60. The largest absolute Gasteiger partial charge is 0.744 e. The summed E-state index contributed by atoms with van der Waals surface area (Å²) in [4.78, 5) is 26.0. The summed E-state index contributed by atoms with van der Waals surface area (Å²) in [6.07, 6.45) is 5.85. The fraction of sp³-hybridized carbons (Fsp3) is 0.433. The van der Waals surface area contributed by atoms with Crippen molar-refractivity contribution >= 4 is 32.2 Å². The molecule has 0 aliphatic carbocycles. The molecule has 20 nitrogen and oxygen atoms in total. The molecule has 2 aliphatic rings. The minimum Gasteiger partial charge on any atom is -0.744 e. The van der Waals surface area contributed by atoms with Gasteiger partial charge in [-0.25, -0.2) is 16.8 Å². The zero-order valence-corrected chi connectivity index (χ0v) is 54.8. The van der Waals surface area contributed by atoms with Gasteiger partial charge in [-0.05, 0) is 128 Å². The zero-order chi connectivity index (χ0) is 65.1. The molecule has 2 aliphatic heterocycles. The van der Waals surface area contributed by atoms with E-state index in [-0.39, 0.29) is 33.8 Å². The van der Waals surface area contributed by atoms with Crippen molar-refractivity contribution in [3.05, 3.63) is 154 Å². The maximum absolute atomic E-state index is 13.2. The molecular weight excluding hydrogens is 1180 g/mol. The van der Waals surface area contributed by atoms with Gasteiger partial charge < -0.3 is 65.4 Å². The maximum Gasteiger partial charge on any atom is 0.311 e. The first-order valence-corrected chi connectivity index (χ1v) is 32.1. The number of rotatable bonds is 26. The van der Waals surface area contributed by atoms with Gasteiger partial charge in [0.2, 0.25) is 0 Å². The summed E-state index contributed by atoms with van der Waals surface area (Å²) < 4.78 is 120. The molecule has 4 atom stereocenters. The molecule has 2 heterocycles. The Morgan fingerprint density at radius 1 is 0.438 bits per heavy atom. The van der Waals surface area contributed by atoms with Crippen molar-refractivity contribution in [1.29, 1.82) is 0 Å². The van der Waals surface area contributed by atoms with Crippen molar-refractivity contribution in [1.82, 2.24) is 0 Å². The Kier molecular flexibility index (Phi) is 25.5. The van der Waals surface area contributed by atoms with Crippen molar-refractivity contribution in [2.24, 2.45) is 0 Å². The number of methoxy groups -OCH3 is 8. The number of quaternary nitrogens is 2. The molecule has 6 aromatic carbocycles. The summed E-state index contributed by atoms with van der Waals surface area (Å²) in [7, 11) is 9.07. The van der Waals surface area contributed by atoms with Crippen LogP contribution < -0.4 is 37.9 Å². The van der Waals surface area contributed by atoms with E-state index in [1.807, 2.05) is 38.1 Å². The van der Waals surface area contributed by atoms with Crippen LogP contribution in [0.4, 0.5) is 0 Å². The number of benzene rings is 6. The van der Waals surface area contributed by atoms with Gasteiger partial charge in [0.15, 0.2) is 46.0 Å². The summed E-state index contributed by atoms with van der Waals surface area (Å²) in [5, 5.41) is 0. The van der Waals surface area contributed by atoms with E-state index in [0.29, 0.717) is 107 Å². The Morgan fingerprint density at radius 2 is 0.753 bits per heavy atom. The minimum absolute atomic E-state index is 0.0393. The third-order valence-electron chi connectivity index (χ3n) is 16.6. The predicted molar refractivity (Wildman–Crippen MR) is 334 cm³/mol. The molecule has 484 valence electrons. The van der Waals surface area contributed by atoms with Gasteiger partial charge in [-0.1, -0.05) is 47.5 Å². The third-order valence-corrected chi connectivity index (χ3v) is 18.3. The second kappa shape index (κ2) is 32.2. The number of likely N-dealkylation sites (N-methyl/N-ethyl adjacent to an activating group) is 2. The number of aryl methyl sites for hydroxylation is 2. The maximum atomic E-state index is 13.2. The van der Waals surface area contributed by atoms with E-state index in [0.717, 1.165) is 67.4 Å². The van der Waals surface area contributed by atoms with Crippen LogP contribution in [0.15, 0.2) is 119 Å². The van der Waals surface area contributed by atoms with Crippen LogP contribution in [0.25, 0.3) is 0 Å². The molecule has 8 rings (SSSR count). The van der Waals surface area contributed by atoms with Gasteiger partial charge in [-0.3, -0.25) is 9.59 Å². The number of hydrogen-bond donors (Lipinski definition) is 0. The molecule has 6 aromatic rings. The van der Waals surface area contributed by atoms with Gasteiger partial charge in [0.1, 0.15) is 32.3 Å². The lowest BCUT2D eigenvalue weighted by atomic mass is 9.86. The highest BCUT2D eigenvalue weighted by molar-refractivity contribution is 7.86. The average Bonchev–Trinajstić information content (AvgIpc) is 0.801. The molecule has 0 radical (unpaired) electrons. The van der Waals surface area contributed by atoms with Gasteiger partial charge in [0, 0.05) is 36.8 Å². The first-order chi connectivity index (χ1) is 42.3. The molecule has 0 spiro atoms.